The summed E-state index contributed by atoms with van der Waals surface area (Å²) in [7, 11) is 1.60. The smallest absolute Gasteiger partial charge is 0.201 e. The second kappa shape index (κ2) is 2.42. The van der Waals surface area contributed by atoms with Gasteiger partial charge in [-0.2, -0.15) is 0 Å². The molecular formula is C8H7F2N3. The third-order valence-corrected chi connectivity index (χ3v) is 1.94. The molecule has 3 nitrogen and oxygen atoms in total. The number of nitrogen functional groups attached to an aromatic ring is 1. The topological polar surface area (TPSA) is 43.8 Å². The van der Waals surface area contributed by atoms with E-state index >= 15 is 0 Å². The molecule has 0 atom stereocenters. The number of hydrogen-bond donors (Lipinski definition) is 1. The Hall–Kier alpha value is -1.65. The van der Waals surface area contributed by atoms with Crippen molar-refractivity contribution in [2.45, 2.75) is 0 Å². The summed E-state index contributed by atoms with van der Waals surface area (Å²) < 4.78 is 27.3. The highest BCUT2D eigenvalue weighted by Gasteiger charge is 2.10. The van der Waals surface area contributed by atoms with E-state index in [1.807, 2.05) is 0 Å². The van der Waals surface area contributed by atoms with Crippen LogP contribution in [0.2, 0.25) is 0 Å². The summed E-state index contributed by atoms with van der Waals surface area (Å²) >= 11 is 0. The Bertz CT molecular complexity index is 476. The van der Waals surface area contributed by atoms with Crippen LogP contribution in [0, 0.1) is 11.6 Å². The lowest BCUT2D eigenvalue weighted by Crippen LogP contribution is -1.96. The third kappa shape index (κ3) is 1.04. The highest BCUT2D eigenvalue weighted by atomic mass is 19.1. The largest absolute Gasteiger partial charge is 0.369 e. The Morgan fingerprint density at radius 1 is 1.38 bits per heavy atom. The van der Waals surface area contributed by atoms with Gasteiger partial charge in [-0.3, -0.25) is 0 Å². The summed E-state index contributed by atoms with van der Waals surface area (Å²) in [4.78, 5) is 3.75. The van der Waals surface area contributed by atoms with Crippen molar-refractivity contribution in [3.8, 4) is 0 Å². The van der Waals surface area contributed by atoms with E-state index < -0.39 is 11.6 Å². The van der Waals surface area contributed by atoms with E-state index in [4.69, 9.17) is 5.73 Å². The fourth-order valence-corrected chi connectivity index (χ4v) is 1.23. The molecule has 0 fully saturated rings. The quantitative estimate of drug-likeness (QED) is 0.671. The summed E-state index contributed by atoms with van der Waals surface area (Å²) in [5.41, 5.74) is 5.89. The monoisotopic (exact) mass is 183 g/mol. The van der Waals surface area contributed by atoms with E-state index in [2.05, 4.69) is 4.98 Å². The molecule has 1 heterocycles. The molecule has 0 saturated heterocycles. The molecule has 0 bridgehead atoms. The van der Waals surface area contributed by atoms with E-state index in [9.17, 15) is 8.78 Å². The average Bonchev–Trinajstić information content (AvgIpc) is 2.32. The first-order chi connectivity index (χ1) is 6.09. The Morgan fingerprint density at radius 3 is 2.77 bits per heavy atom. The van der Waals surface area contributed by atoms with Gasteiger partial charge in [-0.15, -0.1) is 0 Å². The average molecular weight is 183 g/mol. The highest BCUT2D eigenvalue weighted by molar-refractivity contribution is 5.78. The minimum absolute atomic E-state index is 0.0985. The predicted octanol–water partition coefficient (Wildman–Crippen LogP) is 1.43. The molecule has 68 valence electrons. The Balaban J connectivity index is 2.94. The van der Waals surface area contributed by atoms with Crippen LogP contribution in [0.4, 0.5) is 14.7 Å². The molecule has 0 saturated carbocycles. The number of nitrogens with zero attached hydrogens (tertiary/aromatic N) is 2. The standard InChI is InChI=1S/C8H7F2N3/c1-13-6-3-4(9)2-5(10)7(6)12-8(13)11/h2-3H,1H3,(H2,11,12). The molecule has 0 unspecified atom stereocenters. The number of rotatable bonds is 0. The molecule has 0 spiro atoms. The first kappa shape index (κ1) is 7.97. The van der Waals surface area contributed by atoms with Crippen molar-refractivity contribution in [3.05, 3.63) is 23.8 Å². The third-order valence-electron chi connectivity index (χ3n) is 1.94. The summed E-state index contributed by atoms with van der Waals surface area (Å²) in [6, 6.07) is 1.98. The number of fused-ring (bicyclic) bond motifs is 1. The molecule has 1 aromatic heterocycles. The number of nitrogens with two attached hydrogens (primary N) is 1. The fraction of sp³-hybridized carbons (Fsp3) is 0.125. The highest BCUT2D eigenvalue weighted by Crippen LogP contribution is 2.20. The van der Waals surface area contributed by atoms with E-state index in [1.54, 1.807) is 7.05 Å². The molecule has 2 rings (SSSR count). The first-order valence-corrected chi connectivity index (χ1v) is 3.66. The molecule has 2 aromatic rings. The first-order valence-electron chi connectivity index (χ1n) is 3.66. The van der Waals surface area contributed by atoms with Crippen LogP contribution in [-0.4, -0.2) is 9.55 Å². The summed E-state index contributed by atoms with van der Waals surface area (Å²) in [5.74, 6) is -1.16. The molecule has 0 amide bonds. The molecule has 0 aliphatic heterocycles. The van der Waals surface area contributed by atoms with Crippen LogP contribution >= 0.6 is 0 Å². The lowest BCUT2D eigenvalue weighted by atomic mass is 10.3. The van der Waals surface area contributed by atoms with Crippen molar-refractivity contribution in [2.75, 3.05) is 5.73 Å². The van der Waals surface area contributed by atoms with Crippen molar-refractivity contribution < 1.29 is 8.78 Å². The summed E-state index contributed by atoms with van der Waals surface area (Å²) in [6.45, 7) is 0. The van der Waals surface area contributed by atoms with Gasteiger partial charge in [0.25, 0.3) is 0 Å². The van der Waals surface area contributed by atoms with Gasteiger partial charge in [0.15, 0.2) is 5.82 Å². The molecule has 0 radical (unpaired) electrons. The van der Waals surface area contributed by atoms with Crippen LogP contribution in [0.5, 0.6) is 0 Å². The van der Waals surface area contributed by atoms with Gasteiger partial charge in [-0.05, 0) is 0 Å². The van der Waals surface area contributed by atoms with Crippen LogP contribution < -0.4 is 5.73 Å². The zero-order chi connectivity index (χ0) is 9.59. The van der Waals surface area contributed by atoms with Crippen LogP contribution in [0.25, 0.3) is 11.0 Å². The van der Waals surface area contributed by atoms with Gasteiger partial charge < -0.3 is 10.3 Å². The van der Waals surface area contributed by atoms with E-state index in [1.165, 1.54) is 10.6 Å². The number of aryl methyl sites for hydroxylation is 1. The maximum Gasteiger partial charge on any atom is 0.201 e. The van der Waals surface area contributed by atoms with Crippen molar-refractivity contribution >= 4 is 17.0 Å². The second-order valence-corrected chi connectivity index (χ2v) is 2.78. The molecule has 2 N–H and O–H groups in total. The van der Waals surface area contributed by atoms with E-state index in [0.29, 0.717) is 5.52 Å². The fourth-order valence-electron chi connectivity index (χ4n) is 1.23. The Labute approximate surface area is 72.8 Å². The molecule has 5 heteroatoms. The second-order valence-electron chi connectivity index (χ2n) is 2.78. The van der Waals surface area contributed by atoms with Gasteiger partial charge in [0.1, 0.15) is 11.3 Å². The van der Waals surface area contributed by atoms with Gasteiger partial charge in [-0.1, -0.05) is 0 Å². The van der Waals surface area contributed by atoms with Crippen molar-refractivity contribution in [1.29, 1.82) is 0 Å². The zero-order valence-electron chi connectivity index (χ0n) is 6.88. The Morgan fingerprint density at radius 2 is 2.08 bits per heavy atom. The minimum Gasteiger partial charge on any atom is -0.369 e. The van der Waals surface area contributed by atoms with Crippen molar-refractivity contribution in [2.24, 2.45) is 7.05 Å². The number of halogens is 2. The Kier molecular flexibility index (Phi) is 1.48. The number of imidazole rings is 1. The summed E-state index contributed by atoms with van der Waals surface area (Å²) in [5, 5.41) is 0. The van der Waals surface area contributed by atoms with E-state index in [-0.39, 0.29) is 11.5 Å². The minimum atomic E-state index is -0.692. The number of hydrogen-bond acceptors (Lipinski definition) is 2. The van der Waals surface area contributed by atoms with Gasteiger partial charge in [-0.25, -0.2) is 13.8 Å². The maximum absolute atomic E-state index is 13.1. The zero-order valence-corrected chi connectivity index (χ0v) is 6.88. The van der Waals surface area contributed by atoms with Crippen molar-refractivity contribution in [1.82, 2.24) is 9.55 Å². The van der Waals surface area contributed by atoms with Crippen LogP contribution in [0.3, 0.4) is 0 Å². The number of anilines is 1. The molecular weight excluding hydrogens is 176 g/mol. The van der Waals surface area contributed by atoms with Crippen LogP contribution in [0.1, 0.15) is 0 Å². The van der Waals surface area contributed by atoms with Crippen LogP contribution in [-0.2, 0) is 7.05 Å². The lowest BCUT2D eigenvalue weighted by molar-refractivity contribution is 0.590. The van der Waals surface area contributed by atoms with Crippen LogP contribution in [0.15, 0.2) is 12.1 Å². The van der Waals surface area contributed by atoms with Crippen molar-refractivity contribution in [3.63, 3.8) is 0 Å². The SMILES string of the molecule is Cn1c(N)nc2c(F)cc(F)cc21. The predicted molar refractivity (Wildman–Crippen MR) is 45.0 cm³/mol. The molecule has 0 aliphatic carbocycles. The number of benzene rings is 1. The molecule has 1 aromatic carbocycles. The van der Waals surface area contributed by atoms with Gasteiger partial charge in [0.2, 0.25) is 5.95 Å². The molecule has 13 heavy (non-hydrogen) atoms. The molecule has 0 aliphatic rings. The lowest BCUT2D eigenvalue weighted by Gasteiger charge is -1.96. The normalized spacial score (nSPS) is 11.0. The maximum atomic E-state index is 13.1. The van der Waals surface area contributed by atoms with Gasteiger partial charge in [0.05, 0.1) is 5.52 Å². The summed E-state index contributed by atoms with van der Waals surface area (Å²) in [6.07, 6.45) is 0. The van der Waals surface area contributed by atoms with E-state index in [0.717, 1.165) is 6.07 Å². The van der Waals surface area contributed by atoms with Gasteiger partial charge >= 0.3 is 0 Å². The number of aromatic nitrogens is 2. The van der Waals surface area contributed by atoms with Gasteiger partial charge in [0, 0.05) is 19.2 Å².